The Morgan fingerprint density at radius 3 is 1.56 bits per heavy atom. The third-order valence-electron chi connectivity index (χ3n) is 9.70. The first-order valence-electron chi connectivity index (χ1n) is 17.2. The zero-order valence-corrected chi connectivity index (χ0v) is 28.0. The van der Waals surface area contributed by atoms with Crippen LogP contribution in [0, 0.1) is 11.3 Å². The van der Waals surface area contributed by atoms with Gasteiger partial charge in [0, 0.05) is 27.8 Å². The highest BCUT2D eigenvalue weighted by Gasteiger charge is 2.45. The van der Waals surface area contributed by atoms with Crippen LogP contribution in [0.25, 0.3) is 45.3 Å². The van der Waals surface area contributed by atoms with Crippen LogP contribution in [0.15, 0.2) is 182 Å². The average Bonchev–Trinajstić information content (AvgIpc) is 3.23. The molecule has 0 N–H and O–H groups in total. The molecular formula is C47H30N4O. The van der Waals surface area contributed by atoms with Gasteiger partial charge in [0.2, 0.25) is 0 Å². The van der Waals surface area contributed by atoms with Crippen LogP contribution in [-0.2, 0) is 5.41 Å². The maximum atomic E-state index is 9.47. The first kappa shape index (κ1) is 30.9. The number of benzene rings is 7. The Morgan fingerprint density at radius 1 is 0.404 bits per heavy atom. The van der Waals surface area contributed by atoms with Crippen molar-refractivity contribution < 1.29 is 4.74 Å². The quantitative estimate of drug-likeness (QED) is 0.177. The molecule has 0 amide bonds. The Bertz CT molecular complexity index is 2560. The van der Waals surface area contributed by atoms with Crippen LogP contribution in [0.1, 0.15) is 27.8 Å². The molecule has 0 fully saturated rings. The summed E-state index contributed by atoms with van der Waals surface area (Å²) in [6.07, 6.45) is 0. The van der Waals surface area contributed by atoms with E-state index >= 15 is 0 Å². The zero-order valence-electron chi connectivity index (χ0n) is 28.0. The van der Waals surface area contributed by atoms with Gasteiger partial charge in [-0.1, -0.05) is 127 Å². The summed E-state index contributed by atoms with van der Waals surface area (Å²) >= 11 is 0. The molecule has 9 rings (SSSR count). The number of fused-ring (bicyclic) bond motifs is 2. The fraction of sp³-hybridized carbons (Fsp3) is 0.0213. The first-order chi connectivity index (χ1) is 25.7. The van der Waals surface area contributed by atoms with Crippen molar-refractivity contribution in [1.82, 2.24) is 15.0 Å². The monoisotopic (exact) mass is 666 g/mol. The van der Waals surface area contributed by atoms with Crippen molar-refractivity contribution in [3.63, 3.8) is 0 Å². The second-order valence-electron chi connectivity index (χ2n) is 12.7. The summed E-state index contributed by atoms with van der Waals surface area (Å²) in [7, 11) is 0. The molecule has 5 nitrogen and oxygen atoms in total. The maximum absolute atomic E-state index is 9.47. The highest BCUT2D eigenvalue weighted by atomic mass is 16.5. The third kappa shape index (κ3) is 5.31. The second-order valence-corrected chi connectivity index (χ2v) is 12.7. The number of hydrogen-bond acceptors (Lipinski definition) is 5. The van der Waals surface area contributed by atoms with Crippen LogP contribution in [-0.4, -0.2) is 15.0 Å². The van der Waals surface area contributed by atoms with Crippen LogP contribution in [0.4, 0.5) is 0 Å². The third-order valence-corrected chi connectivity index (χ3v) is 9.70. The molecule has 244 valence electrons. The predicted molar refractivity (Wildman–Crippen MR) is 205 cm³/mol. The molecular weight excluding hydrogens is 637 g/mol. The number of aromatic nitrogens is 3. The van der Waals surface area contributed by atoms with Crippen molar-refractivity contribution in [3.8, 4) is 62.9 Å². The van der Waals surface area contributed by atoms with Crippen LogP contribution in [0.2, 0.25) is 0 Å². The highest BCUT2D eigenvalue weighted by Crippen LogP contribution is 2.55. The van der Waals surface area contributed by atoms with E-state index in [1.165, 1.54) is 0 Å². The largest absolute Gasteiger partial charge is 0.457 e. The molecule has 1 aliphatic heterocycles. The number of nitriles is 1. The molecule has 1 aliphatic rings. The summed E-state index contributed by atoms with van der Waals surface area (Å²) in [6, 6.07) is 63.8. The van der Waals surface area contributed by atoms with Gasteiger partial charge >= 0.3 is 0 Å². The van der Waals surface area contributed by atoms with E-state index in [-0.39, 0.29) is 0 Å². The molecule has 0 radical (unpaired) electrons. The van der Waals surface area contributed by atoms with E-state index in [1.54, 1.807) is 12.1 Å². The molecule has 1 aromatic heterocycles. The van der Waals surface area contributed by atoms with Crippen molar-refractivity contribution in [2.45, 2.75) is 5.41 Å². The van der Waals surface area contributed by atoms with Crippen LogP contribution in [0.3, 0.4) is 0 Å². The number of hydrogen-bond donors (Lipinski definition) is 0. The summed E-state index contributed by atoms with van der Waals surface area (Å²) < 4.78 is 6.65. The second kappa shape index (κ2) is 12.9. The first-order valence-corrected chi connectivity index (χ1v) is 17.2. The van der Waals surface area contributed by atoms with E-state index in [0.29, 0.717) is 23.0 Å². The van der Waals surface area contributed by atoms with Crippen LogP contribution >= 0.6 is 0 Å². The SMILES string of the molecule is N#Cc1ccc(-c2nc(-c3cccc(-c4ccccc4)c3)nc(-c3ccc4c(c3)C(c3ccccc3)(c3ccccc3)c3ccccc3O4)n2)cc1. The van der Waals surface area contributed by atoms with Gasteiger partial charge in [-0.25, -0.2) is 15.0 Å². The van der Waals surface area contributed by atoms with E-state index in [4.69, 9.17) is 19.7 Å². The van der Waals surface area contributed by atoms with Gasteiger partial charge in [-0.3, -0.25) is 0 Å². The van der Waals surface area contributed by atoms with Gasteiger partial charge in [-0.2, -0.15) is 5.26 Å². The Balaban J connectivity index is 1.28. The lowest BCUT2D eigenvalue weighted by Crippen LogP contribution is -2.34. The lowest BCUT2D eigenvalue weighted by atomic mass is 9.63. The lowest BCUT2D eigenvalue weighted by molar-refractivity contribution is 0.434. The Kier molecular flexibility index (Phi) is 7.68. The van der Waals surface area contributed by atoms with Gasteiger partial charge in [0.1, 0.15) is 11.5 Å². The summed E-state index contributed by atoms with van der Waals surface area (Å²) in [4.78, 5) is 15.2. The summed E-state index contributed by atoms with van der Waals surface area (Å²) in [6.45, 7) is 0. The van der Waals surface area contributed by atoms with Crippen molar-refractivity contribution in [1.29, 1.82) is 5.26 Å². The number of rotatable bonds is 6. The number of ether oxygens (including phenoxy) is 1. The molecule has 0 saturated heterocycles. The summed E-state index contributed by atoms with van der Waals surface area (Å²) in [5.41, 5.74) is 8.87. The molecule has 0 bridgehead atoms. The van der Waals surface area contributed by atoms with Crippen LogP contribution < -0.4 is 4.74 Å². The smallest absolute Gasteiger partial charge is 0.164 e. The van der Waals surface area contributed by atoms with Gasteiger partial charge < -0.3 is 4.74 Å². The minimum absolute atomic E-state index is 0.520. The fourth-order valence-corrected chi connectivity index (χ4v) is 7.27. The maximum Gasteiger partial charge on any atom is 0.164 e. The van der Waals surface area contributed by atoms with Crippen molar-refractivity contribution in [3.05, 3.63) is 210 Å². The number of nitrogens with zero attached hydrogens (tertiary/aromatic N) is 4. The van der Waals surface area contributed by atoms with Gasteiger partial charge in [-0.05, 0) is 76.9 Å². The van der Waals surface area contributed by atoms with Crippen LogP contribution in [0.5, 0.6) is 11.5 Å². The highest BCUT2D eigenvalue weighted by molar-refractivity contribution is 5.75. The molecule has 0 saturated carbocycles. The molecule has 0 spiro atoms. The Hall–Kier alpha value is -7.16. The van der Waals surface area contributed by atoms with E-state index in [9.17, 15) is 5.26 Å². The minimum atomic E-state index is -0.682. The van der Waals surface area contributed by atoms with Gasteiger partial charge in [0.15, 0.2) is 17.5 Å². The molecule has 0 aliphatic carbocycles. The standard InChI is InChI=1S/C47H30N4O/c48-31-32-23-25-34(26-24-32)44-49-45(36-16-12-15-35(29-36)33-13-4-1-5-14-33)51-46(50-44)37-27-28-43-41(30-37)47(38-17-6-2-7-18-38,39-19-8-3-9-20-39)40-21-10-11-22-42(40)52-43/h1-30H. The fourth-order valence-electron chi connectivity index (χ4n) is 7.27. The average molecular weight is 667 g/mol. The molecule has 8 aromatic rings. The molecule has 0 atom stereocenters. The number of para-hydroxylation sites is 1. The topological polar surface area (TPSA) is 71.7 Å². The summed E-state index contributed by atoms with van der Waals surface area (Å²) in [5, 5.41) is 9.47. The van der Waals surface area contributed by atoms with E-state index in [2.05, 4.69) is 109 Å². The molecule has 5 heteroatoms. The minimum Gasteiger partial charge on any atom is -0.457 e. The Morgan fingerprint density at radius 2 is 0.904 bits per heavy atom. The Labute approximate surface area is 302 Å². The molecule has 52 heavy (non-hydrogen) atoms. The van der Waals surface area contributed by atoms with Crippen molar-refractivity contribution >= 4 is 0 Å². The molecule has 0 unspecified atom stereocenters. The molecule has 7 aromatic carbocycles. The van der Waals surface area contributed by atoms with E-state index < -0.39 is 5.41 Å². The van der Waals surface area contributed by atoms with Gasteiger partial charge in [-0.15, -0.1) is 0 Å². The van der Waals surface area contributed by atoms with Gasteiger partial charge in [0.25, 0.3) is 0 Å². The van der Waals surface area contributed by atoms with Crippen molar-refractivity contribution in [2.75, 3.05) is 0 Å². The normalized spacial score (nSPS) is 12.5. The molecule has 2 heterocycles. The predicted octanol–water partition coefficient (Wildman–Crippen LogP) is 10.9. The van der Waals surface area contributed by atoms with Gasteiger partial charge in [0.05, 0.1) is 17.0 Å². The van der Waals surface area contributed by atoms with E-state index in [1.807, 2.05) is 66.7 Å². The zero-order chi connectivity index (χ0) is 34.9. The van der Waals surface area contributed by atoms with E-state index in [0.717, 1.165) is 61.6 Å². The van der Waals surface area contributed by atoms with Crippen molar-refractivity contribution in [2.24, 2.45) is 0 Å². The lowest BCUT2D eigenvalue weighted by Gasteiger charge is -2.41. The summed E-state index contributed by atoms with van der Waals surface area (Å²) in [5.74, 6) is 3.20.